The van der Waals surface area contributed by atoms with Crippen molar-refractivity contribution in [3.05, 3.63) is 53.4 Å². The molecule has 1 saturated heterocycles. The van der Waals surface area contributed by atoms with Crippen LogP contribution in [0.1, 0.15) is 36.3 Å². The lowest BCUT2D eigenvalue weighted by atomic mass is 10.0. The Morgan fingerprint density at radius 2 is 1.96 bits per heavy atom. The van der Waals surface area contributed by atoms with Gasteiger partial charge in [-0.2, -0.15) is 0 Å². The molecule has 0 bridgehead atoms. The zero-order valence-electron chi connectivity index (χ0n) is 15.4. The normalized spacial score (nSPS) is 19.3. The fraction of sp³-hybridized carbons (Fsp3) is 0.381. The van der Waals surface area contributed by atoms with Gasteiger partial charge in [-0.15, -0.1) is 16.4 Å². The maximum absolute atomic E-state index is 13.3. The molecule has 1 unspecified atom stereocenters. The van der Waals surface area contributed by atoms with Crippen LogP contribution in [0, 0.1) is 17.7 Å². The van der Waals surface area contributed by atoms with Crippen molar-refractivity contribution in [1.29, 1.82) is 0 Å². The van der Waals surface area contributed by atoms with E-state index >= 15 is 0 Å². The summed E-state index contributed by atoms with van der Waals surface area (Å²) in [4.78, 5) is 20.4. The van der Waals surface area contributed by atoms with E-state index in [4.69, 9.17) is 0 Å². The van der Waals surface area contributed by atoms with E-state index in [1.54, 1.807) is 16.8 Å². The highest BCUT2D eigenvalue weighted by molar-refractivity contribution is 7.13. The molecule has 5 rings (SSSR count). The SMILES string of the molecule is O=C(c1nc(-c2cccs2)n(-c2ccc(F)cc2)n1)N1CCC(CC2CC2)C1. The number of carbonyl (C=O) groups excluding carboxylic acids is 1. The van der Waals surface area contributed by atoms with E-state index in [0.29, 0.717) is 17.4 Å². The Balaban J connectivity index is 1.44. The second-order valence-electron chi connectivity index (χ2n) is 7.71. The summed E-state index contributed by atoms with van der Waals surface area (Å²) >= 11 is 1.54. The van der Waals surface area contributed by atoms with Gasteiger partial charge < -0.3 is 4.90 Å². The number of rotatable bonds is 5. The van der Waals surface area contributed by atoms with Gasteiger partial charge in [0.1, 0.15) is 5.82 Å². The topological polar surface area (TPSA) is 51.0 Å². The number of carbonyl (C=O) groups is 1. The largest absolute Gasteiger partial charge is 0.336 e. The molecule has 2 fully saturated rings. The van der Waals surface area contributed by atoms with Gasteiger partial charge in [-0.3, -0.25) is 4.79 Å². The maximum Gasteiger partial charge on any atom is 0.293 e. The molecule has 2 aromatic heterocycles. The van der Waals surface area contributed by atoms with Gasteiger partial charge in [0, 0.05) is 13.1 Å². The quantitative estimate of drug-likeness (QED) is 0.642. The van der Waals surface area contributed by atoms with Gasteiger partial charge in [0.15, 0.2) is 5.82 Å². The van der Waals surface area contributed by atoms with Crippen molar-refractivity contribution in [2.75, 3.05) is 13.1 Å². The molecule has 1 aliphatic heterocycles. The number of thiophene rings is 1. The van der Waals surface area contributed by atoms with Gasteiger partial charge in [-0.1, -0.05) is 18.9 Å². The number of likely N-dealkylation sites (tertiary alicyclic amines) is 1. The molecular formula is C21H21FN4OS. The summed E-state index contributed by atoms with van der Waals surface area (Å²) in [6, 6.07) is 9.96. The molecule has 1 amide bonds. The molecule has 5 nitrogen and oxygen atoms in total. The molecule has 0 radical (unpaired) electrons. The molecule has 1 saturated carbocycles. The van der Waals surface area contributed by atoms with Crippen LogP contribution < -0.4 is 0 Å². The van der Waals surface area contributed by atoms with Crippen molar-refractivity contribution in [2.45, 2.75) is 25.7 Å². The zero-order chi connectivity index (χ0) is 19.1. The monoisotopic (exact) mass is 396 g/mol. The molecule has 144 valence electrons. The zero-order valence-corrected chi connectivity index (χ0v) is 16.2. The highest BCUT2D eigenvalue weighted by Crippen LogP contribution is 2.38. The number of amides is 1. The Morgan fingerprint density at radius 1 is 1.14 bits per heavy atom. The van der Waals surface area contributed by atoms with Gasteiger partial charge in [0.05, 0.1) is 10.6 Å². The summed E-state index contributed by atoms with van der Waals surface area (Å²) in [6.07, 6.45) is 5.00. The third-order valence-electron chi connectivity index (χ3n) is 5.55. The lowest BCUT2D eigenvalue weighted by molar-refractivity contribution is 0.0774. The fourth-order valence-electron chi connectivity index (χ4n) is 3.91. The highest BCUT2D eigenvalue weighted by atomic mass is 32.1. The Hall–Kier alpha value is -2.54. The van der Waals surface area contributed by atoms with Crippen molar-refractivity contribution in [2.24, 2.45) is 11.8 Å². The van der Waals surface area contributed by atoms with E-state index in [0.717, 1.165) is 30.3 Å². The molecule has 0 spiro atoms. The number of hydrogen-bond acceptors (Lipinski definition) is 4. The van der Waals surface area contributed by atoms with Gasteiger partial charge in [0.2, 0.25) is 5.82 Å². The van der Waals surface area contributed by atoms with Crippen molar-refractivity contribution in [1.82, 2.24) is 19.7 Å². The number of nitrogens with zero attached hydrogens (tertiary/aromatic N) is 4. The Morgan fingerprint density at radius 3 is 2.68 bits per heavy atom. The fourth-order valence-corrected chi connectivity index (χ4v) is 4.60. The van der Waals surface area contributed by atoms with E-state index in [1.807, 2.05) is 22.4 Å². The molecule has 28 heavy (non-hydrogen) atoms. The van der Waals surface area contributed by atoms with Crippen LogP contribution in [-0.4, -0.2) is 38.7 Å². The molecule has 2 aliphatic rings. The first-order valence-corrected chi connectivity index (χ1v) is 10.6. The molecule has 7 heteroatoms. The van der Waals surface area contributed by atoms with Gasteiger partial charge in [-0.25, -0.2) is 14.1 Å². The van der Waals surface area contributed by atoms with Crippen LogP contribution in [0.2, 0.25) is 0 Å². The molecule has 0 N–H and O–H groups in total. The summed E-state index contributed by atoms with van der Waals surface area (Å²) in [7, 11) is 0. The first kappa shape index (κ1) is 17.6. The van der Waals surface area contributed by atoms with E-state index in [9.17, 15) is 9.18 Å². The number of aromatic nitrogens is 3. The third kappa shape index (κ3) is 3.46. The van der Waals surface area contributed by atoms with E-state index < -0.39 is 0 Å². The van der Waals surface area contributed by atoms with Crippen LogP contribution in [0.25, 0.3) is 16.4 Å². The first-order valence-electron chi connectivity index (χ1n) is 9.73. The smallest absolute Gasteiger partial charge is 0.293 e. The highest BCUT2D eigenvalue weighted by Gasteiger charge is 2.33. The van der Waals surface area contributed by atoms with Crippen molar-refractivity contribution in [3.63, 3.8) is 0 Å². The Labute approximate surface area is 166 Å². The predicted octanol–water partition coefficient (Wildman–Crippen LogP) is 4.40. The van der Waals surface area contributed by atoms with Crippen LogP contribution in [0.5, 0.6) is 0 Å². The van der Waals surface area contributed by atoms with Crippen LogP contribution in [0.15, 0.2) is 41.8 Å². The average Bonchev–Trinajstić information content (AvgIpc) is 3.12. The van der Waals surface area contributed by atoms with Crippen molar-refractivity contribution >= 4 is 17.2 Å². The Bertz CT molecular complexity index is 979. The molecular weight excluding hydrogens is 375 g/mol. The molecule has 3 aromatic rings. The van der Waals surface area contributed by atoms with Crippen LogP contribution in [0.4, 0.5) is 4.39 Å². The number of benzene rings is 1. The summed E-state index contributed by atoms with van der Waals surface area (Å²) in [5.41, 5.74) is 0.685. The van der Waals surface area contributed by atoms with E-state index in [1.165, 1.54) is 42.7 Å². The summed E-state index contributed by atoms with van der Waals surface area (Å²) in [5.74, 6) is 1.88. The minimum absolute atomic E-state index is 0.114. The van der Waals surface area contributed by atoms with Crippen LogP contribution in [0.3, 0.4) is 0 Å². The van der Waals surface area contributed by atoms with Gasteiger partial charge in [-0.05, 0) is 60.4 Å². The minimum atomic E-state index is -0.309. The van der Waals surface area contributed by atoms with E-state index in [2.05, 4.69) is 10.1 Å². The molecule has 3 heterocycles. The molecule has 1 aliphatic carbocycles. The van der Waals surface area contributed by atoms with Gasteiger partial charge in [0.25, 0.3) is 5.91 Å². The second kappa shape index (κ2) is 7.13. The summed E-state index contributed by atoms with van der Waals surface area (Å²) in [5, 5.41) is 6.47. The third-order valence-corrected chi connectivity index (χ3v) is 6.41. The Kier molecular flexibility index (Phi) is 4.47. The minimum Gasteiger partial charge on any atom is -0.336 e. The standard InChI is InChI=1S/C21H21FN4OS/c22-16-5-7-17(8-6-16)26-20(18-2-1-11-28-18)23-19(24-26)21(27)25-10-9-15(13-25)12-14-3-4-14/h1-2,5-8,11,14-15H,3-4,9-10,12-13H2. The molecule has 1 aromatic carbocycles. The van der Waals surface area contributed by atoms with E-state index in [-0.39, 0.29) is 17.5 Å². The molecule has 1 atom stereocenters. The maximum atomic E-state index is 13.3. The number of hydrogen-bond donors (Lipinski definition) is 0. The van der Waals surface area contributed by atoms with Crippen molar-refractivity contribution in [3.8, 4) is 16.4 Å². The first-order chi connectivity index (χ1) is 13.7. The summed E-state index contributed by atoms with van der Waals surface area (Å²) in [6.45, 7) is 1.57. The average molecular weight is 396 g/mol. The second-order valence-corrected chi connectivity index (χ2v) is 8.66. The van der Waals surface area contributed by atoms with Crippen LogP contribution in [-0.2, 0) is 0 Å². The lowest BCUT2D eigenvalue weighted by Gasteiger charge is -2.14. The summed E-state index contributed by atoms with van der Waals surface area (Å²) < 4.78 is 15.0. The van der Waals surface area contributed by atoms with Crippen molar-refractivity contribution < 1.29 is 9.18 Å². The number of halogens is 1. The van der Waals surface area contributed by atoms with Gasteiger partial charge >= 0.3 is 0 Å². The predicted molar refractivity (Wildman–Crippen MR) is 106 cm³/mol. The lowest BCUT2D eigenvalue weighted by Crippen LogP contribution is -2.29. The van der Waals surface area contributed by atoms with Crippen LogP contribution >= 0.6 is 11.3 Å².